The molecule has 0 spiro atoms. The van der Waals surface area contributed by atoms with Gasteiger partial charge in [-0.15, -0.1) is 0 Å². The number of carboxylic acids is 1. The molecule has 1 aliphatic rings. The fourth-order valence-electron chi connectivity index (χ4n) is 6.14. The number of halogens is 2. The number of alkyl halides is 1. The predicted octanol–water partition coefficient (Wildman–Crippen LogP) is 7.46. The van der Waals surface area contributed by atoms with Crippen molar-refractivity contribution in [2.75, 3.05) is 13.1 Å². The highest BCUT2D eigenvalue weighted by molar-refractivity contribution is 6.32. The van der Waals surface area contributed by atoms with Gasteiger partial charge >= 0.3 is 5.97 Å². The van der Waals surface area contributed by atoms with Crippen LogP contribution in [-0.2, 0) is 26.2 Å². The van der Waals surface area contributed by atoms with Crippen LogP contribution in [0.25, 0.3) is 11.0 Å². The summed E-state index contributed by atoms with van der Waals surface area (Å²) in [5.74, 6) is 0.415. The number of aromatic nitrogens is 4. The van der Waals surface area contributed by atoms with Crippen LogP contribution >= 0.6 is 11.6 Å². The van der Waals surface area contributed by atoms with Crippen LogP contribution in [0.5, 0.6) is 5.75 Å². The second-order valence-electron chi connectivity index (χ2n) is 11.8. The second-order valence-corrected chi connectivity index (χ2v) is 12.2. The van der Waals surface area contributed by atoms with Gasteiger partial charge in [-0.25, -0.2) is 19.2 Å². The van der Waals surface area contributed by atoms with E-state index in [2.05, 4.69) is 25.9 Å². The van der Waals surface area contributed by atoms with E-state index in [1.54, 1.807) is 24.5 Å². The summed E-state index contributed by atoms with van der Waals surface area (Å²) in [6.07, 6.45) is 4.03. The topological polar surface area (TPSA) is 85.4 Å². The summed E-state index contributed by atoms with van der Waals surface area (Å²) in [4.78, 5) is 23.3. The van der Waals surface area contributed by atoms with Crippen LogP contribution in [0.1, 0.15) is 64.5 Å². The third-order valence-electron chi connectivity index (χ3n) is 8.70. The lowest BCUT2D eigenvalue weighted by Gasteiger charge is -2.33. The number of imidazole rings is 2. The Morgan fingerprint density at radius 2 is 1.93 bits per heavy atom. The molecule has 1 unspecified atom stereocenters. The lowest BCUT2D eigenvalue weighted by molar-refractivity contribution is 0.0697. The zero-order valence-electron chi connectivity index (χ0n) is 25.5. The third-order valence-corrected chi connectivity index (χ3v) is 8.99. The van der Waals surface area contributed by atoms with Crippen LogP contribution in [0, 0.1) is 12.8 Å². The number of nitrogens with zero attached hydrogens (tertiary/aromatic N) is 5. The Bertz CT molecular complexity index is 1810. The molecule has 234 valence electrons. The molecule has 0 saturated carbocycles. The van der Waals surface area contributed by atoms with Gasteiger partial charge in [0.25, 0.3) is 0 Å². The van der Waals surface area contributed by atoms with Crippen molar-refractivity contribution in [2.24, 2.45) is 5.92 Å². The number of benzene rings is 3. The van der Waals surface area contributed by atoms with Gasteiger partial charge in [0.15, 0.2) is 0 Å². The van der Waals surface area contributed by atoms with Crippen molar-refractivity contribution in [3.8, 4) is 5.75 Å². The van der Waals surface area contributed by atoms with Gasteiger partial charge in [-0.05, 0) is 98.8 Å². The molecule has 5 aromatic rings. The van der Waals surface area contributed by atoms with Crippen molar-refractivity contribution in [1.29, 1.82) is 0 Å². The van der Waals surface area contributed by atoms with Crippen LogP contribution < -0.4 is 4.74 Å². The number of piperidine rings is 1. The summed E-state index contributed by atoms with van der Waals surface area (Å²) in [6, 6.07) is 18.3. The van der Waals surface area contributed by atoms with Gasteiger partial charge in [-0.2, -0.15) is 0 Å². The molecule has 0 radical (unpaired) electrons. The molecule has 2 aromatic heterocycles. The van der Waals surface area contributed by atoms with E-state index in [1.165, 1.54) is 0 Å². The molecular formula is C35H37ClFN5O3. The van der Waals surface area contributed by atoms with Gasteiger partial charge < -0.3 is 19.0 Å². The van der Waals surface area contributed by atoms with Gasteiger partial charge in [0, 0.05) is 12.7 Å². The minimum atomic E-state index is -1.07. The summed E-state index contributed by atoms with van der Waals surface area (Å²) >= 11 is 6.31. The number of carbonyl (C=O) groups is 1. The van der Waals surface area contributed by atoms with Crippen molar-refractivity contribution in [3.05, 3.63) is 112 Å². The quantitative estimate of drug-likeness (QED) is 0.163. The average Bonchev–Trinajstić information content (AvgIpc) is 3.64. The Kier molecular flexibility index (Phi) is 9.19. The summed E-state index contributed by atoms with van der Waals surface area (Å²) in [6.45, 7) is 7.76. The highest BCUT2D eigenvalue weighted by atomic mass is 35.5. The Morgan fingerprint density at radius 1 is 1.11 bits per heavy atom. The van der Waals surface area contributed by atoms with Crippen molar-refractivity contribution in [3.63, 3.8) is 0 Å². The highest BCUT2D eigenvalue weighted by Crippen LogP contribution is 2.35. The van der Waals surface area contributed by atoms with Gasteiger partial charge in [-0.1, -0.05) is 35.9 Å². The van der Waals surface area contributed by atoms with Crippen molar-refractivity contribution in [1.82, 2.24) is 24.0 Å². The normalized spacial score (nSPS) is 15.0. The van der Waals surface area contributed by atoms with Crippen LogP contribution in [-0.4, -0.2) is 48.2 Å². The molecule has 1 saturated heterocycles. The minimum Gasteiger partial charge on any atom is -0.487 e. The first-order chi connectivity index (χ1) is 21.8. The lowest BCUT2D eigenvalue weighted by Crippen LogP contribution is -2.35. The fourth-order valence-corrected chi connectivity index (χ4v) is 6.43. The molecule has 3 aromatic carbocycles. The van der Waals surface area contributed by atoms with E-state index in [9.17, 15) is 9.90 Å². The minimum absolute atomic E-state index is 0.0835. The van der Waals surface area contributed by atoms with E-state index in [-0.39, 0.29) is 11.5 Å². The van der Waals surface area contributed by atoms with Gasteiger partial charge in [-0.3, -0.25) is 4.90 Å². The van der Waals surface area contributed by atoms with E-state index >= 15 is 4.39 Å². The molecule has 0 aliphatic carbocycles. The molecular weight excluding hydrogens is 593 g/mol. The van der Waals surface area contributed by atoms with E-state index < -0.39 is 12.1 Å². The first-order valence-corrected chi connectivity index (χ1v) is 15.7. The average molecular weight is 630 g/mol. The molecule has 45 heavy (non-hydrogen) atoms. The van der Waals surface area contributed by atoms with E-state index in [1.807, 2.05) is 55.6 Å². The smallest absolute Gasteiger partial charge is 0.335 e. The Hall–Kier alpha value is -4.21. The SMILES string of the molecule is CCn1cncc1Cn1c(CN2CCC(C(F)c3cccc(COc4ccc(C)cc4Cl)c3)CC2)nc2ccc(C(=O)O)cc21. The molecule has 3 heterocycles. The number of aryl methyl sites for hydroxylation is 2. The Morgan fingerprint density at radius 3 is 2.69 bits per heavy atom. The van der Waals surface area contributed by atoms with Gasteiger partial charge in [0.1, 0.15) is 24.4 Å². The van der Waals surface area contributed by atoms with Crippen LogP contribution in [0.4, 0.5) is 4.39 Å². The summed E-state index contributed by atoms with van der Waals surface area (Å²) in [7, 11) is 0. The first kappa shape index (κ1) is 30.8. The predicted molar refractivity (Wildman–Crippen MR) is 173 cm³/mol. The van der Waals surface area contributed by atoms with Crippen molar-refractivity contribution < 1.29 is 19.0 Å². The molecule has 1 N–H and O–H groups in total. The molecule has 6 rings (SSSR count). The number of hydrogen-bond acceptors (Lipinski definition) is 5. The third kappa shape index (κ3) is 6.89. The maximum atomic E-state index is 15.9. The number of ether oxygens (including phenoxy) is 1. The zero-order chi connectivity index (χ0) is 31.5. The van der Waals surface area contributed by atoms with Crippen LogP contribution in [0.15, 0.2) is 73.2 Å². The van der Waals surface area contributed by atoms with E-state index in [4.69, 9.17) is 21.3 Å². The summed E-state index contributed by atoms with van der Waals surface area (Å²) < 4.78 is 25.9. The fraction of sp³-hybridized carbons (Fsp3) is 0.343. The molecule has 1 fully saturated rings. The lowest BCUT2D eigenvalue weighted by atomic mass is 9.88. The second kappa shape index (κ2) is 13.4. The molecule has 1 aliphatic heterocycles. The molecule has 0 bridgehead atoms. The molecule has 1 atom stereocenters. The molecule has 10 heteroatoms. The van der Waals surface area contributed by atoms with Crippen LogP contribution in [0.3, 0.4) is 0 Å². The Labute approximate surface area is 267 Å². The largest absolute Gasteiger partial charge is 0.487 e. The number of likely N-dealkylation sites (tertiary alicyclic amines) is 1. The number of aromatic carboxylic acids is 1. The summed E-state index contributed by atoms with van der Waals surface area (Å²) in [5.41, 5.74) is 5.42. The molecule has 0 amide bonds. The zero-order valence-corrected chi connectivity index (χ0v) is 26.3. The molecule has 8 nitrogen and oxygen atoms in total. The van der Waals surface area contributed by atoms with Gasteiger partial charge in [0.05, 0.1) is 46.7 Å². The van der Waals surface area contributed by atoms with Crippen molar-refractivity contribution in [2.45, 2.75) is 59.1 Å². The Balaban J connectivity index is 1.12. The van der Waals surface area contributed by atoms with Crippen molar-refractivity contribution >= 4 is 28.6 Å². The number of carboxylic acid groups (broad SMARTS) is 1. The maximum Gasteiger partial charge on any atom is 0.335 e. The number of fused-ring (bicyclic) bond motifs is 1. The monoisotopic (exact) mass is 629 g/mol. The maximum absolute atomic E-state index is 15.9. The number of rotatable bonds is 11. The number of hydrogen-bond donors (Lipinski definition) is 1. The highest BCUT2D eigenvalue weighted by Gasteiger charge is 2.29. The van der Waals surface area contributed by atoms with Crippen LogP contribution in [0.2, 0.25) is 5.02 Å². The van der Waals surface area contributed by atoms with E-state index in [0.717, 1.165) is 66.2 Å². The van der Waals surface area contributed by atoms with E-state index in [0.29, 0.717) is 36.0 Å². The standard InChI is InChI=1S/C35H37ClFN5O3/c1-3-41-22-38-18-28(41)19-42-31-17-27(35(43)44)8-9-30(31)39-33(42)20-40-13-11-25(12-14-40)34(37)26-6-4-5-24(16-26)21-45-32-10-7-23(2)15-29(32)36/h4-10,15-18,22,25,34H,3,11-14,19-21H2,1-2H3,(H,43,44). The first-order valence-electron chi connectivity index (χ1n) is 15.3. The van der Waals surface area contributed by atoms with Gasteiger partial charge in [0.2, 0.25) is 0 Å². The summed E-state index contributed by atoms with van der Waals surface area (Å²) in [5, 5.41) is 10.2.